The smallest absolute Gasteiger partial charge is 0.154 e. The predicted octanol–water partition coefficient (Wildman–Crippen LogP) is 3.13. The highest BCUT2D eigenvalue weighted by Crippen LogP contribution is 2.33. The maximum atomic E-state index is 13.4. The van der Waals surface area contributed by atoms with Gasteiger partial charge in [0.05, 0.1) is 12.4 Å². The van der Waals surface area contributed by atoms with Crippen molar-refractivity contribution in [3.63, 3.8) is 0 Å². The van der Waals surface area contributed by atoms with Crippen molar-refractivity contribution in [2.24, 2.45) is 0 Å². The molecule has 1 aromatic carbocycles. The Labute approximate surface area is 117 Å². The van der Waals surface area contributed by atoms with Gasteiger partial charge in [-0.1, -0.05) is 13.0 Å². The van der Waals surface area contributed by atoms with Crippen LogP contribution < -0.4 is 10.2 Å². The maximum Gasteiger partial charge on any atom is 0.154 e. The van der Waals surface area contributed by atoms with Gasteiger partial charge in [0, 0.05) is 18.8 Å². The van der Waals surface area contributed by atoms with E-state index in [-0.39, 0.29) is 5.82 Å². The topological polar surface area (TPSA) is 41.1 Å². The van der Waals surface area contributed by atoms with Crippen molar-refractivity contribution >= 4 is 17.3 Å². The molecule has 0 radical (unpaired) electrons. The van der Waals surface area contributed by atoms with Gasteiger partial charge in [0.1, 0.15) is 11.6 Å². The predicted molar refractivity (Wildman–Crippen MR) is 77.9 cm³/mol. The van der Waals surface area contributed by atoms with Crippen molar-refractivity contribution in [2.45, 2.75) is 19.8 Å². The van der Waals surface area contributed by atoms with E-state index in [1.54, 1.807) is 18.5 Å². The maximum absolute atomic E-state index is 13.4. The third-order valence-corrected chi connectivity index (χ3v) is 3.40. The highest BCUT2D eigenvalue weighted by molar-refractivity contribution is 5.67. The minimum Gasteiger partial charge on any atom is -0.369 e. The van der Waals surface area contributed by atoms with Crippen LogP contribution in [0.15, 0.2) is 30.6 Å². The van der Waals surface area contributed by atoms with Gasteiger partial charge < -0.3 is 10.2 Å². The fraction of sp³-hybridized carbons (Fsp3) is 0.333. The summed E-state index contributed by atoms with van der Waals surface area (Å²) in [4.78, 5) is 10.8. The van der Waals surface area contributed by atoms with Crippen molar-refractivity contribution < 1.29 is 4.39 Å². The Bertz CT molecular complexity index is 615. The van der Waals surface area contributed by atoms with E-state index in [1.807, 2.05) is 11.0 Å². The van der Waals surface area contributed by atoms with Crippen molar-refractivity contribution in [2.75, 3.05) is 23.3 Å². The molecule has 0 unspecified atom stereocenters. The Kier molecular flexibility index (Phi) is 3.50. The molecule has 1 aliphatic rings. The Morgan fingerprint density at radius 3 is 3.10 bits per heavy atom. The van der Waals surface area contributed by atoms with Crippen LogP contribution in [0.5, 0.6) is 0 Å². The largest absolute Gasteiger partial charge is 0.369 e. The minimum absolute atomic E-state index is 0.219. The Morgan fingerprint density at radius 1 is 1.35 bits per heavy atom. The number of benzene rings is 1. The standard InChI is InChI=1S/C15H17FN4/c1-2-6-18-14-9-17-10-15(19-14)20-7-5-11-3-4-12(16)8-13(11)20/h3-4,8-10H,2,5-7H2,1H3,(H,18,19). The number of nitrogens with one attached hydrogen (secondary N) is 1. The van der Waals surface area contributed by atoms with Crippen molar-refractivity contribution in [3.8, 4) is 0 Å². The number of aromatic nitrogens is 2. The van der Waals surface area contributed by atoms with Crippen LogP contribution >= 0.6 is 0 Å². The summed E-state index contributed by atoms with van der Waals surface area (Å²) in [7, 11) is 0. The summed E-state index contributed by atoms with van der Waals surface area (Å²) in [5, 5.41) is 3.22. The zero-order valence-corrected chi connectivity index (χ0v) is 11.4. The quantitative estimate of drug-likeness (QED) is 0.928. The molecule has 2 aromatic rings. The van der Waals surface area contributed by atoms with Crippen LogP contribution in [0.25, 0.3) is 0 Å². The molecule has 0 aliphatic carbocycles. The normalized spacial score (nSPS) is 13.4. The molecular formula is C15H17FN4. The molecule has 104 valence electrons. The zero-order chi connectivity index (χ0) is 13.9. The van der Waals surface area contributed by atoms with Crippen LogP contribution in [0.4, 0.5) is 21.7 Å². The molecule has 0 amide bonds. The van der Waals surface area contributed by atoms with E-state index in [0.717, 1.165) is 48.8 Å². The first-order chi connectivity index (χ1) is 9.78. The summed E-state index contributed by atoms with van der Waals surface area (Å²) in [6.07, 6.45) is 5.37. The molecule has 5 heteroatoms. The lowest BCUT2D eigenvalue weighted by Crippen LogP contribution is -2.16. The lowest BCUT2D eigenvalue weighted by molar-refractivity contribution is 0.628. The second-order valence-electron chi connectivity index (χ2n) is 4.86. The molecule has 1 N–H and O–H groups in total. The van der Waals surface area contributed by atoms with Crippen LogP contribution in [-0.2, 0) is 6.42 Å². The van der Waals surface area contributed by atoms with Gasteiger partial charge in [-0.2, -0.15) is 0 Å². The number of halogens is 1. The molecular weight excluding hydrogens is 255 g/mol. The van der Waals surface area contributed by atoms with Crippen LogP contribution in [-0.4, -0.2) is 23.1 Å². The van der Waals surface area contributed by atoms with E-state index in [9.17, 15) is 4.39 Å². The van der Waals surface area contributed by atoms with E-state index in [4.69, 9.17) is 0 Å². The van der Waals surface area contributed by atoms with Crippen LogP contribution in [0.1, 0.15) is 18.9 Å². The van der Waals surface area contributed by atoms with Gasteiger partial charge in [0.25, 0.3) is 0 Å². The van der Waals surface area contributed by atoms with Crippen molar-refractivity contribution in [1.82, 2.24) is 9.97 Å². The summed E-state index contributed by atoms with van der Waals surface area (Å²) < 4.78 is 13.4. The summed E-state index contributed by atoms with van der Waals surface area (Å²) in [6.45, 7) is 3.78. The summed E-state index contributed by atoms with van der Waals surface area (Å²) in [6, 6.07) is 4.92. The molecule has 4 nitrogen and oxygen atoms in total. The van der Waals surface area contributed by atoms with Crippen LogP contribution in [0.3, 0.4) is 0 Å². The highest BCUT2D eigenvalue weighted by Gasteiger charge is 2.22. The second-order valence-corrected chi connectivity index (χ2v) is 4.86. The molecule has 0 saturated carbocycles. The first kappa shape index (κ1) is 12.8. The molecule has 3 rings (SSSR count). The fourth-order valence-corrected chi connectivity index (χ4v) is 2.41. The van der Waals surface area contributed by atoms with Gasteiger partial charge in [-0.25, -0.2) is 9.37 Å². The first-order valence-corrected chi connectivity index (χ1v) is 6.90. The number of rotatable bonds is 4. The third-order valence-electron chi connectivity index (χ3n) is 3.40. The summed E-state index contributed by atoms with van der Waals surface area (Å²) in [5.41, 5.74) is 2.05. The number of hydrogen-bond donors (Lipinski definition) is 1. The highest BCUT2D eigenvalue weighted by atomic mass is 19.1. The third kappa shape index (κ3) is 2.43. The van der Waals surface area contributed by atoms with Gasteiger partial charge >= 0.3 is 0 Å². The molecule has 0 atom stereocenters. The molecule has 0 fully saturated rings. The summed E-state index contributed by atoms with van der Waals surface area (Å²) >= 11 is 0. The molecule has 2 heterocycles. The summed E-state index contributed by atoms with van der Waals surface area (Å²) in [5.74, 6) is 1.30. The molecule has 0 saturated heterocycles. The average Bonchev–Trinajstić information content (AvgIpc) is 2.88. The fourth-order valence-electron chi connectivity index (χ4n) is 2.41. The Balaban J connectivity index is 1.90. The van der Waals surface area contributed by atoms with E-state index < -0.39 is 0 Å². The van der Waals surface area contributed by atoms with Crippen LogP contribution in [0.2, 0.25) is 0 Å². The van der Waals surface area contributed by atoms with E-state index >= 15 is 0 Å². The van der Waals surface area contributed by atoms with Gasteiger partial charge in [0.15, 0.2) is 5.82 Å². The number of fused-ring (bicyclic) bond motifs is 1. The van der Waals surface area contributed by atoms with Crippen molar-refractivity contribution in [3.05, 3.63) is 42.0 Å². The molecule has 0 bridgehead atoms. The van der Waals surface area contributed by atoms with Gasteiger partial charge in [-0.05, 0) is 30.5 Å². The van der Waals surface area contributed by atoms with Gasteiger partial charge in [0.2, 0.25) is 0 Å². The Morgan fingerprint density at radius 2 is 2.25 bits per heavy atom. The number of hydrogen-bond acceptors (Lipinski definition) is 4. The Hall–Kier alpha value is -2.17. The van der Waals surface area contributed by atoms with Gasteiger partial charge in [-0.15, -0.1) is 0 Å². The second kappa shape index (κ2) is 5.45. The van der Waals surface area contributed by atoms with E-state index in [0.29, 0.717) is 0 Å². The molecule has 1 aromatic heterocycles. The molecule has 0 spiro atoms. The van der Waals surface area contributed by atoms with Gasteiger partial charge in [-0.3, -0.25) is 4.98 Å². The number of nitrogens with zero attached hydrogens (tertiary/aromatic N) is 3. The zero-order valence-electron chi connectivity index (χ0n) is 11.4. The van der Waals surface area contributed by atoms with E-state index in [1.165, 1.54) is 6.07 Å². The van der Waals surface area contributed by atoms with Crippen LogP contribution in [0, 0.1) is 5.82 Å². The SMILES string of the molecule is CCCNc1cncc(N2CCc3ccc(F)cc32)n1. The average molecular weight is 272 g/mol. The minimum atomic E-state index is -0.219. The monoisotopic (exact) mass is 272 g/mol. The lowest BCUT2D eigenvalue weighted by Gasteiger charge is -2.18. The molecule has 1 aliphatic heterocycles. The van der Waals surface area contributed by atoms with Crippen molar-refractivity contribution in [1.29, 1.82) is 0 Å². The number of anilines is 3. The first-order valence-electron chi connectivity index (χ1n) is 6.90. The van der Waals surface area contributed by atoms with E-state index in [2.05, 4.69) is 22.2 Å². The molecule has 20 heavy (non-hydrogen) atoms. The lowest BCUT2D eigenvalue weighted by atomic mass is 10.2.